The lowest BCUT2D eigenvalue weighted by Crippen LogP contribution is -2.17. The molecule has 172 valence electrons. The first-order chi connectivity index (χ1) is 15.9. The van der Waals surface area contributed by atoms with E-state index in [2.05, 4.69) is 35.4 Å². The van der Waals surface area contributed by atoms with Gasteiger partial charge in [0.1, 0.15) is 0 Å². The van der Waals surface area contributed by atoms with Crippen LogP contribution < -0.4 is 14.8 Å². The van der Waals surface area contributed by atoms with Crippen molar-refractivity contribution in [3.05, 3.63) is 59.9 Å². The lowest BCUT2D eigenvalue weighted by atomic mass is 10.2. The van der Waals surface area contributed by atoms with E-state index < -0.39 is 0 Å². The molecule has 8 nitrogen and oxygen atoms in total. The molecule has 0 bridgehead atoms. The summed E-state index contributed by atoms with van der Waals surface area (Å²) in [6, 6.07) is 16.3. The first-order valence-electron chi connectivity index (χ1n) is 10.6. The summed E-state index contributed by atoms with van der Waals surface area (Å²) in [7, 11) is 1.60. The molecule has 1 heterocycles. The Balaban J connectivity index is 1.70. The van der Waals surface area contributed by atoms with Crippen molar-refractivity contribution in [2.24, 2.45) is 5.92 Å². The molecule has 0 radical (unpaired) electrons. The Hall–Kier alpha value is -3.51. The van der Waals surface area contributed by atoms with Crippen LogP contribution in [0, 0.1) is 17.2 Å². The van der Waals surface area contributed by atoms with Crippen molar-refractivity contribution in [2.75, 3.05) is 18.2 Å². The number of methoxy groups -OCH3 is 1. The minimum Gasteiger partial charge on any atom is -0.493 e. The Labute approximate surface area is 197 Å². The van der Waals surface area contributed by atoms with Gasteiger partial charge in [-0.05, 0) is 49.2 Å². The van der Waals surface area contributed by atoms with Crippen LogP contribution in [0.15, 0.2) is 53.7 Å². The fourth-order valence-electron chi connectivity index (χ4n) is 3.16. The van der Waals surface area contributed by atoms with E-state index >= 15 is 0 Å². The summed E-state index contributed by atoms with van der Waals surface area (Å²) in [6.07, 6.45) is -0.366. The van der Waals surface area contributed by atoms with Crippen molar-refractivity contribution in [3.63, 3.8) is 0 Å². The number of carbonyl (C=O) groups excluding carboxylic acids is 1. The summed E-state index contributed by atoms with van der Waals surface area (Å²) in [5.74, 6) is 2.33. The molecule has 0 saturated carbocycles. The van der Waals surface area contributed by atoms with Gasteiger partial charge in [0.15, 0.2) is 28.6 Å². The van der Waals surface area contributed by atoms with Gasteiger partial charge in [0.25, 0.3) is 0 Å². The summed E-state index contributed by atoms with van der Waals surface area (Å²) >= 11 is 1.32. The van der Waals surface area contributed by atoms with Crippen LogP contribution in [0.25, 0.3) is 0 Å². The minimum absolute atomic E-state index is 0.163. The fraction of sp³-hybridized carbons (Fsp3) is 0.333. The van der Waals surface area contributed by atoms with Gasteiger partial charge in [-0.25, -0.2) is 0 Å². The number of nitrogens with zero attached hydrogens (tertiary/aromatic N) is 4. The second-order valence-electron chi connectivity index (χ2n) is 7.78. The maximum Gasteiger partial charge on any atom is 0.234 e. The number of nitrogens with one attached hydrogen (secondary N) is 1. The molecule has 1 N–H and O–H groups in total. The van der Waals surface area contributed by atoms with Crippen LogP contribution in [0.4, 0.5) is 5.69 Å². The van der Waals surface area contributed by atoms with Crippen LogP contribution in [-0.2, 0) is 11.3 Å². The van der Waals surface area contributed by atoms with Crippen LogP contribution in [0.5, 0.6) is 11.5 Å². The molecule has 0 spiro atoms. The highest BCUT2D eigenvalue weighted by Gasteiger charge is 2.22. The van der Waals surface area contributed by atoms with Gasteiger partial charge in [-0.15, -0.1) is 10.2 Å². The molecule has 0 fully saturated rings. The van der Waals surface area contributed by atoms with E-state index in [1.807, 2.05) is 35.8 Å². The molecule has 1 unspecified atom stereocenters. The number of hydrogen-bond acceptors (Lipinski definition) is 7. The average Bonchev–Trinajstić information content (AvgIpc) is 3.20. The topological polar surface area (TPSA) is 102 Å². The lowest BCUT2D eigenvalue weighted by molar-refractivity contribution is -0.113. The van der Waals surface area contributed by atoms with Crippen LogP contribution in [0.2, 0.25) is 0 Å². The average molecular weight is 466 g/mol. The molecule has 3 aromatic rings. The van der Waals surface area contributed by atoms with E-state index in [9.17, 15) is 4.79 Å². The summed E-state index contributed by atoms with van der Waals surface area (Å²) in [6.45, 7) is 6.84. The molecule has 1 atom stereocenters. The molecule has 2 aromatic carbocycles. The quantitative estimate of drug-likeness (QED) is 0.434. The van der Waals surface area contributed by atoms with Gasteiger partial charge in [-0.2, -0.15) is 5.26 Å². The summed E-state index contributed by atoms with van der Waals surface area (Å²) < 4.78 is 13.5. The third-order valence-corrected chi connectivity index (χ3v) is 5.63. The normalized spacial score (nSPS) is 11.6. The van der Waals surface area contributed by atoms with Gasteiger partial charge in [-0.3, -0.25) is 4.79 Å². The van der Waals surface area contributed by atoms with E-state index in [1.165, 1.54) is 11.8 Å². The van der Waals surface area contributed by atoms with Gasteiger partial charge in [0.2, 0.25) is 5.91 Å². The van der Waals surface area contributed by atoms with Gasteiger partial charge in [0.05, 0.1) is 24.5 Å². The number of aromatic nitrogens is 3. The predicted octanol–water partition coefficient (Wildman–Crippen LogP) is 4.69. The van der Waals surface area contributed by atoms with Crippen LogP contribution in [0.1, 0.15) is 38.3 Å². The van der Waals surface area contributed by atoms with Crippen LogP contribution >= 0.6 is 11.8 Å². The fourth-order valence-corrected chi connectivity index (χ4v) is 3.91. The first kappa shape index (κ1) is 24.1. The van der Waals surface area contributed by atoms with E-state index in [-0.39, 0.29) is 17.8 Å². The maximum atomic E-state index is 12.4. The Kier molecular flexibility index (Phi) is 8.33. The third-order valence-electron chi connectivity index (χ3n) is 4.66. The standard InChI is InChI=1S/C24H27N5O3S/c1-16(2)14-29-23(17(3)32-21-8-6-5-7-20(21)31-4)27-28-24(29)33-15-22(30)26-19-11-9-18(13-25)10-12-19/h5-12,16-17H,14-15H2,1-4H3,(H,26,30). The number of ether oxygens (including phenoxy) is 2. The van der Waals surface area contributed by atoms with Gasteiger partial charge in [-0.1, -0.05) is 37.7 Å². The monoisotopic (exact) mass is 465 g/mol. The smallest absolute Gasteiger partial charge is 0.234 e. The maximum absolute atomic E-state index is 12.4. The van der Waals surface area contributed by atoms with Crippen LogP contribution in [0.3, 0.4) is 0 Å². The summed E-state index contributed by atoms with van der Waals surface area (Å²) in [5.41, 5.74) is 1.18. The second-order valence-corrected chi connectivity index (χ2v) is 8.72. The zero-order chi connectivity index (χ0) is 23.8. The van der Waals surface area contributed by atoms with Crippen molar-refractivity contribution in [1.29, 1.82) is 5.26 Å². The third kappa shape index (κ3) is 6.49. The molecule has 1 amide bonds. The van der Waals surface area contributed by atoms with Crippen molar-refractivity contribution in [3.8, 4) is 17.6 Å². The highest BCUT2D eigenvalue weighted by Crippen LogP contribution is 2.31. The van der Waals surface area contributed by atoms with Crippen molar-refractivity contribution in [1.82, 2.24) is 14.8 Å². The molecular weight excluding hydrogens is 438 g/mol. The van der Waals surface area contributed by atoms with Gasteiger partial charge >= 0.3 is 0 Å². The molecule has 0 saturated heterocycles. The Morgan fingerprint density at radius 2 is 1.82 bits per heavy atom. The number of benzene rings is 2. The summed E-state index contributed by atoms with van der Waals surface area (Å²) in [4.78, 5) is 12.4. The van der Waals surface area contributed by atoms with Gasteiger partial charge < -0.3 is 19.4 Å². The molecule has 3 rings (SSSR count). The number of hydrogen-bond donors (Lipinski definition) is 1. The molecule has 9 heteroatoms. The van der Waals surface area contributed by atoms with E-state index in [0.29, 0.717) is 46.2 Å². The number of anilines is 1. The second kappa shape index (κ2) is 11.4. The largest absolute Gasteiger partial charge is 0.493 e. The summed E-state index contributed by atoms with van der Waals surface area (Å²) in [5, 5.41) is 21.1. The zero-order valence-electron chi connectivity index (χ0n) is 19.1. The number of carbonyl (C=O) groups is 1. The highest BCUT2D eigenvalue weighted by molar-refractivity contribution is 7.99. The van der Waals surface area contributed by atoms with E-state index in [1.54, 1.807) is 31.4 Å². The molecule has 0 aliphatic carbocycles. The Morgan fingerprint density at radius 3 is 2.45 bits per heavy atom. The lowest BCUT2D eigenvalue weighted by Gasteiger charge is -2.19. The molecular formula is C24H27N5O3S. The predicted molar refractivity (Wildman–Crippen MR) is 127 cm³/mol. The zero-order valence-corrected chi connectivity index (χ0v) is 19.9. The number of para-hydroxylation sites is 2. The van der Waals surface area contributed by atoms with E-state index in [4.69, 9.17) is 14.7 Å². The Morgan fingerprint density at radius 1 is 1.12 bits per heavy atom. The molecule has 33 heavy (non-hydrogen) atoms. The van der Waals surface area contributed by atoms with Crippen LogP contribution in [-0.4, -0.2) is 33.5 Å². The van der Waals surface area contributed by atoms with Crippen molar-refractivity contribution < 1.29 is 14.3 Å². The number of rotatable bonds is 10. The number of nitriles is 1. The van der Waals surface area contributed by atoms with Gasteiger partial charge in [0, 0.05) is 12.2 Å². The van der Waals surface area contributed by atoms with Crippen molar-refractivity contribution in [2.45, 2.75) is 38.6 Å². The molecule has 1 aromatic heterocycles. The highest BCUT2D eigenvalue weighted by atomic mass is 32.2. The minimum atomic E-state index is -0.366. The van der Waals surface area contributed by atoms with Crippen molar-refractivity contribution >= 4 is 23.4 Å². The number of amides is 1. The molecule has 0 aliphatic heterocycles. The van der Waals surface area contributed by atoms with E-state index in [0.717, 1.165) is 0 Å². The SMILES string of the molecule is COc1ccccc1OC(C)c1nnc(SCC(=O)Nc2ccc(C#N)cc2)n1CC(C)C. The first-order valence-corrected chi connectivity index (χ1v) is 11.6. The molecule has 0 aliphatic rings. The number of thioether (sulfide) groups is 1. The Bertz CT molecular complexity index is 1120.